The molecule has 2 rings (SSSR count). The van der Waals surface area contributed by atoms with E-state index in [0.717, 1.165) is 6.07 Å². The SMILES string of the molecule is NCC1CNCCN1C(=O)c1ccc(O)cc1F. The molecule has 1 aliphatic rings. The van der Waals surface area contributed by atoms with Crippen LogP contribution in [-0.2, 0) is 0 Å². The Bertz CT molecular complexity index is 453. The van der Waals surface area contributed by atoms with Gasteiger partial charge in [-0.3, -0.25) is 4.79 Å². The predicted molar refractivity (Wildman–Crippen MR) is 64.8 cm³/mol. The molecule has 1 aliphatic heterocycles. The van der Waals surface area contributed by atoms with Crippen molar-refractivity contribution >= 4 is 5.91 Å². The number of benzene rings is 1. The summed E-state index contributed by atoms with van der Waals surface area (Å²) in [4.78, 5) is 13.8. The third-order valence-corrected chi connectivity index (χ3v) is 3.07. The number of hydrogen-bond donors (Lipinski definition) is 3. The topological polar surface area (TPSA) is 78.6 Å². The molecule has 6 heteroatoms. The second kappa shape index (κ2) is 5.32. The van der Waals surface area contributed by atoms with Gasteiger partial charge in [0.1, 0.15) is 11.6 Å². The highest BCUT2D eigenvalue weighted by atomic mass is 19.1. The van der Waals surface area contributed by atoms with Crippen molar-refractivity contribution in [2.24, 2.45) is 5.73 Å². The van der Waals surface area contributed by atoms with E-state index >= 15 is 0 Å². The van der Waals surface area contributed by atoms with Gasteiger partial charge in [0.15, 0.2) is 0 Å². The molecule has 4 N–H and O–H groups in total. The maximum atomic E-state index is 13.6. The Balaban J connectivity index is 2.24. The number of nitrogens with two attached hydrogens (primary N) is 1. The van der Waals surface area contributed by atoms with Gasteiger partial charge in [0, 0.05) is 32.2 Å². The average molecular weight is 253 g/mol. The molecule has 5 nitrogen and oxygen atoms in total. The minimum absolute atomic E-state index is 0.0341. The summed E-state index contributed by atoms with van der Waals surface area (Å²) >= 11 is 0. The highest BCUT2D eigenvalue weighted by molar-refractivity contribution is 5.95. The van der Waals surface area contributed by atoms with Gasteiger partial charge in [0.05, 0.1) is 11.6 Å². The number of phenolic OH excluding ortho intramolecular Hbond substituents is 1. The van der Waals surface area contributed by atoms with Crippen LogP contribution < -0.4 is 11.1 Å². The molecule has 1 atom stereocenters. The second-order valence-corrected chi connectivity index (χ2v) is 4.26. The van der Waals surface area contributed by atoms with Crippen LogP contribution in [0.4, 0.5) is 4.39 Å². The fourth-order valence-corrected chi connectivity index (χ4v) is 2.07. The molecular weight excluding hydrogens is 237 g/mol. The number of rotatable bonds is 2. The molecule has 0 radical (unpaired) electrons. The van der Waals surface area contributed by atoms with Crippen LogP contribution in [0.2, 0.25) is 0 Å². The van der Waals surface area contributed by atoms with Gasteiger partial charge >= 0.3 is 0 Å². The first-order valence-electron chi connectivity index (χ1n) is 5.83. The molecule has 1 aromatic carbocycles. The molecule has 0 spiro atoms. The second-order valence-electron chi connectivity index (χ2n) is 4.26. The van der Waals surface area contributed by atoms with Crippen LogP contribution in [-0.4, -0.2) is 48.1 Å². The third-order valence-electron chi connectivity index (χ3n) is 3.07. The quantitative estimate of drug-likeness (QED) is 0.688. The zero-order chi connectivity index (χ0) is 13.1. The van der Waals surface area contributed by atoms with Crippen molar-refractivity contribution in [3.8, 4) is 5.75 Å². The summed E-state index contributed by atoms with van der Waals surface area (Å²) in [6.45, 7) is 2.11. The summed E-state index contributed by atoms with van der Waals surface area (Å²) in [5.41, 5.74) is 5.57. The van der Waals surface area contributed by atoms with E-state index in [1.165, 1.54) is 12.1 Å². The number of nitrogens with zero attached hydrogens (tertiary/aromatic N) is 1. The van der Waals surface area contributed by atoms with Crippen LogP contribution >= 0.6 is 0 Å². The Morgan fingerprint density at radius 3 is 3.06 bits per heavy atom. The molecule has 1 saturated heterocycles. The summed E-state index contributed by atoms with van der Waals surface area (Å²) in [6, 6.07) is 3.41. The molecule has 18 heavy (non-hydrogen) atoms. The molecule has 0 aromatic heterocycles. The van der Waals surface area contributed by atoms with Crippen LogP contribution in [0, 0.1) is 5.82 Å². The van der Waals surface area contributed by atoms with Crippen LogP contribution in [0.3, 0.4) is 0 Å². The number of phenols is 1. The van der Waals surface area contributed by atoms with Gasteiger partial charge in [-0.05, 0) is 12.1 Å². The first-order chi connectivity index (χ1) is 8.63. The summed E-state index contributed by atoms with van der Waals surface area (Å²) in [5, 5.41) is 12.3. The summed E-state index contributed by atoms with van der Waals surface area (Å²) in [5.74, 6) is -1.29. The van der Waals surface area contributed by atoms with E-state index in [1.807, 2.05) is 0 Å². The van der Waals surface area contributed by atoms with E-state index in [1.54, 1.807) is 4.90 Å². The van der Waals surface area contributed by atoms with E-state index in [2.05, 4.69) is 5.32 Å². The van der Waals surface area contributed by atoms with E-state index in [0.29, 0.717) is 26.2 Å². The number of hydrogen-bond acceptors (Lipinski definition) is 4. The molecule has 1 unspecified atom stereocenters. The first kappa shape index (κ1) is 12.8. The fourth-order valence-electron chi connectivity index (χ4n) is 2.07. The maximum Gasteiger partial charge on any atom is 0.257 e. The number of halogens is 1. The van der Waals surface area contributed by atoms with Crippen LogP contribution in [0.1, 0.15) is 10.4 Å². The van der Waals surface area contributed by atoms with Crippen molar-refractivity contribution in [3.63, 3.8) is 0 Å². The van der Waals surface area contributed by atoms with Gasteiger partial charge in [0.25, 0.3) is 5.91 Å². The molecule has 1 heterocycles. The van der Waals surface area contributed by atoms with E-state index < -0.39 is 5.82 Å². The number of aromatic hydroxyl groups is 1. The van der Waals surface area contributed by atoms with Crippen LogP contribution in [0.5, 0.6) is 5.75 Å². The molecule has 1 fully saturated rings. The van der Waals surface area contributed by atoms with Gasteiger partial charge in [0.2, 0.25) is 0 Å². The van der Waals surface area contributed by atoms with Crippen molar-refractivity contribution in [1.82, 2.24) is 10.2 Å². The molecule has 1 aromatic rings. The summed E-state index contributed by atoms with van der Waals surface area (Å²) in [7, 11) is 0. The lowest BCUT2D eigenvalue weighted by atomic mass is 10.1. The fraction of sp³-hybridized carbons (Fsp3) is 0.417. The lowest BCUT2D eigenvalue weighted by molar-refractivity contribution is 0.0640. The monoisotopic (exact) mass is 253 g/mol. The van der Waals surface area contributed by atoms with Crippen molar-refractivity contribution in [3.05, 3.63) is 29.6 Å². The Hall–Kier alpha value is -1.66. The normalized spacial score (nSPS) is 19.9. The van der Waals surface area contributed by atoms with Gasteiger partial charge < -0.3 is 21.1 Å². The van der Waals surface area contributed by atoms with E-state index in [-0.39, 0.29) is 23.3 Å². The molecular formula is C12H16FN3O2. The average Bonchev–Trinajstić information content (AvgIpc) is 2.38. The van der Waals surface area contributed by atoms with Gasteiger partial charge in [-0.25, -0.2) is 4.39 Å². The van der Waals surface area contributed by atoms with Crippen LogP contribution in [0.25, 0.3) is 0 Å². The number of carbonyl (C=O) groups is 1. The lowest BCUT2D eigenvalue weighted by Gasteiger charge is -2.35. The number of carbonyl (C=O) groups excluding carboxylic acids is 1. The van der Waals surface area contributed by atoms with Crippen molar-refractivity contribution < 1.29 is 14.3 Å². The highest BCUT2D eigenvalue weighted by Gasteiger charge is 2.27. The maximum absolute atomic E-state index is 13.6. The molecule has 0 saturated carbocycles. The Labute approximate surface area is 104 Å². The lowest BCUT2D eigenvalue weighted by Crippen LogP contribution is -2.56. The number of piperazine rings is 1. The zero-order valence-electron chi connectivity index (χ0n) is 9.90. The molecule has 1 amide bonds. The highest BCUT2D eigenvalue weighted by Crippen LogP contribution is 2.18. The van der Waals surface area contributed by atoms with Crippen molar-refractivity contribution in [1.29, 1.82) is 0 Å². The number of amides is 1. The smallest absolute Gasteiger partial charge is 0.257 e. The Morgan fingerprint density at radius 1 is 1.61 bits per heavy atom. The molecule has 0 aliphatic carbocycles. The summed E-state index contributed by atoms with van der Waals surface area (Å²) < 4.78 is 13.6. The molecule has 98 valence electrons. The minimum atomic E-state index is -0.714. The van der Waals surface area contributed by atoms with Gasteiger partial charge in [-0.2, -0.15) is 0 Å². The van der Waals surface area contributed by atoms with E-state index in [4.69, 9.17) is 10.8 Å². The van der Waals surface area contributed by atoms with E-state index in [9.17, 15) is 9.18 Å². The zero-order valence-corrected chi connectivity index (χ0v) is 9.90. The first-order valence-corrected chi connectivity index (χ1v) is 5.83. The van der Waals surface area contributed by atoms with Crippen molar-refractivity contribution in [2.75, 3.05) is 26.2 Å². The Kier molecular flexibility index (Phi) is 3.78. The van der Waals surface area contributed by atoms with Gasteiger partial charge in [-0.15, -0.1) is 0 Å². The molecule has 0 bridgehead atoms. The third kappa shape index (κ3) is 2.44. The van der Waals surface area contributed by atoms with Crippen molar-refractivity contribution in [2.45, 2.75) is 6.04 Å². The standard InChI is InChI=1S/C12H16FN3O2/c13-11-5-9(17)1-2-10(11)12(18)16-4-3-15-7-8(16)6-14/h1-2,5,8,15,17H,3-4,6-7,14H2. The van der Waals surface area contributed by atoms with Gasteiger partial charge in [-0.1, -0.05) is 0 Å². The predicted octanol–water partition coefficient (Wildman–Crippen LogP) is -0.0960. The number of nitrogens with one attached hydrogen (secondary N) is 1. The summed E-state index contributed by atoms with van der Waals surface area (Å²) in [6.07, 6.45) is 0. The minimum Gasteiger partial charge on any atom is -0.508 e. The van der Waals surface area contributed by atoms with Crippen LogP contribution in [0.15, 0.2) is 18.2 Å². The Morgan fingerprint density at radius 2 is 2.39 bits per heavy atom. The largest absolute Gasteiger partial charge is 0.508 e.